The Balaban J connectivity index is 1.87. The molecule has 1 aliphatic carbocycles. The van der Waals surface area contributed by atoms with E-state index in [1.807, 2.05) is 0 Å². The molecule has 3 rings (SSSR count). The Bertz CT molecular complexity index is 807. The van der Waals surface area contributed by atoms with Gasteiger partial charge < -0.3 is 9.80 Å². The zero-order valence-corrected chi connectivity index (χ0v) is 14.8. The minimum absolute atomic E-state index is 0.0707. The molecule has 1 saturated carbocycles. The predicted octanol–water partition coefficient (Wildman–Crippen LogP) is 1.80. The molecule has 0 unspecified atom stereocenters. The van der Waals surface area contributed by atoms with E-state index in [1.165, 1.54) is 0 Å². The number of carbonyl (C=O) groups is 1. The zero-order valence-electron chi connectivity index (χ0n) is 14.0. The molecular formula is C16H20F3N3O3S. The lowest BCUT2D eigenvalue weighted by atomic mass is 10.1. The summed E-state index contributed by atoms with van der Waals surface area (Å²) in [6.07, 6.45) is -2.41. The van der Waals surface area contributed by atoms with E-state index in [2.05, 4.69) is 0 Å². The molecule has 6 nitrogen and oxygen atoms in total. The first-order valence-electron chi connectivity index (χ1n) is 8.35. The monoisotopic (exact) mass is 391 g/mol. The summed E-state index contributed by atoms with van der Waals surface area (Å²) in [7, 11) is -4.23. The number of sulfonamides is 1. The van der Waals surface area contributed by atoms with Crippen LogP contribution in [-0.2, 0) is 21.0 Å². The molecule has 1 aromatic rings. The molecule has 1 saturated heterocycles. The van der Waals surface area contributed by atoms with Gasteiger partial charge in [-0.15, -0.1) is 0 Å². The van der Waals surface area contributed by atoms with Crippen LogP contribution < -0.4 is 10.0 Å². The molecule has 144 valence electrons. The van der Waals surface area contributed by atoms with Gasteiger partial charge in [-0.05, 0) is 37.5 Å². The van der Waals surface area contributed by atoms with E-state index < -0.39 is 26.7 Å². The minimum atomic E-state index is -4.72. The summed E-state index contributed by atoms with van der Waals surface area (Å²) in [6.45, 7) is 1.48. The van der Waals surface area contributed by atoms with Crippen LogP contribution in [0.3, 0.4) is 0 Å². The van der Waals surface area contributed by atoms with Gasteiger partial charge in [-0.2, -0.15) is 13.2 Å². The number of benzene rings is 1. The largest absolute Gasteiger partial charge is 0.418 e. The van der Waals surface area contributed by atoms with Crippen LogP contribution in [0.1, 0.15) is 24.8 Å². The average Bonchev–Trinajstić information content (AvgIpc) is 3.38. The maximum absolute atomic E-state index is 13.5. The van der Waals surface area contributed by atoms with E-state index in [1.54, 1.807) is 9.80 Å². The Hall–Kier alpha value is -1.81. The summed E-state index contributed by atoms with van der Waals surface area (Å²) >= 11 is 0. The molecular weight excluding hydrogens is 371 g/mol. The molecule has 2 N–H and O–H groups in total. The molecule has 0 bridgehead atoms. The number of amides is 1. The first-order valence-corrected chi connectivity index (χ1v) is 9.90. The van der Waals surface area contributed by atoms with Gasteiger partial charge in [-0.1, -0.05) is 0 Å². The zero-order chi connectivity index (χ0) is 19.1. The summed E-state index contributed by atoms with van der Waals surface area (Å²) in [5, 5.41) is 4.96. The summed E-state index contributed by atoms with van der Waals surface area (Å²) in [5.74, 6) is 0.147. The topological polar surface area (TPSA) is 83.7 Å². The SMILES string of the molecule is NS(=O)(=O)c1ccc(N2CCCN(C(=O)C3CC3)CC2)c(C(F)(F)F)c1. The number of rotatable bonds is 3. The first kappa shape index (κ1) is 19.0. The highest BCUT2D eigenvalue weighted by Crippen LogP contribution is 2.38. The molecule has 1 amide bonds. The van der Waals surface area contributed by atoms with Crippen molar-refractivity contribution < 1.29 is 26.4 Å². The predicted molar refractivity (Wildman–Crippen MR) is 89.0 cm³/mol. The molecule has 10 heteroatoms. The van der Waals surface area contributed by atoms with Crippen molar-refractivity contribution in [2.75, 3.05) is 31.1 Å². The van der Waals surface area contributed by atoms with E-state index in [9.17, 15) is 26.4 Å². The number of carbonyl (C=O) groups excluding carboxylic acids is 1. The van der Waals surface area contributed by atoms with E-state index >= 15 is 0 Å². The van der Waals surface area contributed by atoms with Gasteiger partial charge in [0.25, 0.3) is 0 Å². The smallest absolute Gasteiger partial charge is 0.369 e. The third-order valence-corrected chi connectivity index (χ3v) is 5.59. The van der Waals surface area contributed by atoms with Crippen molar-refractivity contribution in [3.05, 3.63) is 23.8 Å². The van der Waals surface area contributed by atoms with Crippen molar-refractivity contribution in [1.29, 1.82) is 0 Å². The van der Waals surface area contributed by atoms with E-state index in [-0.39, 0.29) is 24.1 Å². The van der Waals surface area contributed by atoms with Gasteiger partial charge in [0.05, 0.1) is 10.5 Å². The summed E-state index contributed by atoms with van der Waals surface area (Å²) < 4.78 is 63.2. The number of hydrogen-bond acceptors (Lipinski definition) is 4. The standard InChI is InChI=1S/C16H20F3N3O3S/c17-16(18,19)13-10-12(26(20,24)25)4-5-14(13)21-6-1-7-22(9-8-21)15(23)11-2-3-11/h4-5,10-11H,1-3,6-9H2,(H2,20,24,25). The number of primary sulfonamides is 1. The molecule has 0 radical (unpaired) electrons. The molecule has 0 atom stereocenters. The molecule has 1 aromatic carbocycles. The maximum Gasteiger partial charge on any atom is 0.418 e. The van der Waals surface area contributed by atoms with Crippen LogP contribution in [0.5, 0.6) is 0 Å². The molecule has 1 aliphatic heterocycles. The lowest BCUT2D eigenvalue weighted by molar-refractivity contribution is -0.137. The Kier molecular flexibility index (Phi) is 4.91. The number of nitrogens with two attached hydrogens (primary N) is 1. The van der Waals surface area contributed by atoms with Crippen molar-refractivity contribution in [3.8, 4) is 0 Å². The Morgan fingerprint density at radius 1 is 1.12 bits per heavy atom. The van der Waals surface area contributed by atoms with Crippen molar-refractivity contribution in [1.82, 2.24) is 4.90 Å². The highest BCUT2D eigenvalue weighted by Gasteiger charge is 2.37. The van der Waals surface area contributed by atoms with Gasteiger partial charge in [0, 0.05) is 37.8 Å². The van der Waals surface area contributed by atoms with Crippen LogP contribution >= 0.6 is 0 Å². The second-order valence-corrected chi connectivity index (χ2v) is 8.22. The summed E-state index contributed by atoms with van der Waals surface area (Å²) in [5.41, 5.74) is -1.13. The fourth-order valence-corrected chi connectivity index (χ4v) is 3.70. The highest BCUT2D eigenvalue weighted by molar-refractivity contribution is 7.89. The van der Waals surface area contributed by atoms with E-state index in [0.29, 0.717) is 32.1 Å². The van der Waals surface area contributed by atoms with Crippen molar-refractivity contribution in [2.24, 2.45) is 11.1 Å². The summed E-state index contributed by atoms with van der Waals surface area (Å²) in [6, 6.07) is 2.79. The van der Waals surface area contributed by atoms with Crippen LogP contribution in [0.2, 0.25) is 0 Å². The maximum atomic E-state index is 13.5. The Morgan fingerprint density at radius 3 is 2.38 bits per heavy atom. The molecule has 26 heavy (non-hydrogen) atoms. The Labute approximate surface area is 149 Å². The van der Waals surface area contributed by atoms with Gasteiger partial charge in [-0.3, -0.25) is 4.79 Å². The van der Waals surface area contributed by atoms with Crippen LogP contribution in [0, 0.1) is 5.92 Å². The van der Waals surface area contributed by atoms with Gasteiger partial charge in [0.1, 0.15) is 0 Å². The fraction of sp³-hybridized carbons (Fsp3) is 0.562. The van der Waals surface area contributed by atoms with Crippen LogP contribution in [0.25, 0.3) is 0 Å². The number of halogens is 3. The molecule has 0 aromatic heterocycles. The minimum Gasteiger partial charge on any atom is -0.369 e. The van der Waals surface area contributed by atoms with Gasteiger partial charge in [-0.25, -0.2) is 13.6 Å². The molecule has 2 aliphatic rings. The third-order valence-electron chi connectivity index (χ3n) is 4.68. The number of anilines is 1. The van der Waals surface area contributed by atoms with Gasteiger partial charge in [0.2, 0.25) is 15.9 Å². The lowest BCUT2D eigenvalue weighted by Crippen LogP contribution is -2.36. The van der Waals surface area contributed by atoms with E-state index in [4.69, 9.17) is 5.14 Å². The van der Waals surface area contributed by atoms with E-state index in [0.717, 1.165) is 25.0 Å². The number of hydrogen-bond donors (Lipinski definition) is 1. The van der Waals surface area contributed by atoms with Crippen LogP contribution in [0.15, 0.2) is 23.1 Å². The third kappa shape index (κ3) is 4.12. The lowest BCUT2D eigenvalue weighted by Gasteiger charge is -2.27. The van der Waals surface area contributed by atoms with Gasteiger partial charge >= 0.3 is 6.18 Å². The number of nitrogens with zero attached hydrogens (tertiary/aromatic N) is 2. The van der Waals surface area contributed by atoms with Gasteiger partial charge in [0.15, 0.2) is 0 Å². The Morgan fingerprint density at radius 2 is 1.81 bits per heavy atom. The summed E-state index contributed by atoms with van der Waals surface area (Å²) in [4.78, 5) is 14.9. The first-order chi connectivity index (χ1) is 12.1. The quantitative estimate of drug-likeness (QED) is 0.852. The average molecular weight is 391 g/mol. The number of alkyl halides is 3. The molecule has 2 fully saturated rings. The fourth-order valence-electron chi connectivity index (χ4n) is 3.16. The van der Waals surface area contributed by atoms with Crippen molar-refractivity contribution >= 4 is 21.6 Å². The second-order valence-electron chi connectivity index (χ2n) is 6.66. The van der Waals surface area contributed by atoms with Crippen molar-refractivity contribution in [3.63, 3.8) is 0 Å². The normalized spacial score (nSPS) is 19.4. The highest BCUT2D eigenvalue weighted by atomic mass is 32.2. The van der Waals surface area contributed by atoms with Crippen molar-refractivity contribution in [2.45, 2.75) is 30.3 Å². The van der Waals surface area contributed by atoms with Crippen LogP contribution in [0.4, 0.5) is 18.9 Å². The second kappa shape index (κ2) is 6.73. The molecule has 0 spiro atoms. The van der Waals surface area contributed by atoms with Crippen LogP contribution in [-0.4, -0.2) is 45.4 Å². The molecule has 1 heterocycles.